The highest BCUT2D eigenvalue weighted by atomic mass is 16.5. The molecule has 158 valence electrons. The Labute approximate surface area is 177 Å². The molecule has 0 bridgehead atoms. The molecule has 30 heavy (non-hydrogen) atoms. The zero-order valence-corrected chi connectivity index (χ0v) is 17.5. The second kappa shape index (κ2) is 9.76. The largest absolute Gasteiger partial charge is 0.468 e. The summed E-state index contributed by atoms with van der Waals surface area (Å²) in [6, 6.07) is 16.9. The first kappa shape index (κ1) is 20.4. The van der Waals surface area contributed by atoms with Crippen molar-refractivity contribution in [2.75, 3.05) is 38.3 Å². The summed E-state index contributed by atoms with van der Waals surface area (Å²) >= 11 is 0. The first-order valence-corrected chi connectivity index (χ1v) is 10.7. The van der Waals surface area contributed by atoms with E-state index in [1.807, 2.05) is 18.2 Å². The number of benzene rings is 2. The van der Waals surface area contributed by atoms with Crippen LogP contribution in [0, 0.1) is 0 Å². The van der Waals surface area contributed by atoms with Gasteiger partial charge in [-0.3, -0.25) is 4.79 Å². The van der Waals surface area contributed by atoms with Crippen LogP contribution in [0.25, 0.3) is 11.0 Å². The van der Waals surface area contributed by atoms with Crippen LogP contribution in [-0.4, -0.2) is 48.9 Å². The molecule has 1 fully saturated rings. The van der Waals surface area contributed by atoms with Gasteiger partial charge >= 0.3 is 6.01 Å². The number of carbonyl (C=O) groups is 1. The lowest BCUT2D eigenvalue weighted by Crippen LogP contribution is -2.36. The van der Waals surface area contributed by atoms with Gasteiger partial charge in [0.25, 0.3) is 0 Å². The molecule has 1 aliphatic heterocycles. The SMILES string of the molecule is COc1nc2cc(N3CCOCC3)ccc2n1C(=O)CCCCCc1ccccc1. The van der Waals surface area contributed by atoms with Crippen LogP contribution in [0.3, 0.4) is 0 Å². The lowest BCUT2D eigenvalue weighted by atomic mass is 10.1. The number of aryl methyl sites for hydroxylation is 1. The van der Waals surface area contributed by atoms with Crippen LogP contribution < -0.4 is 9.64 Å². The average molecular weight is 408 g/mol. The van der Waals surface area contributed by atoms with Crippen LogP contribution >= 0.6 is 0 Å². The summed E-state index contributed by atoms with van der Waals surface area (Å²) in [5.74, 6) is 0.0354. The maximum atomic E-state index is 12.9. The minimum atomic E-state index is 0.0354. The van der Waals surface area contributed by atoms with Crippen molar-refractivity contribution >= 4 is 22.6 Å². The summed E-state index contributed by atoms with van der Waals surface area (Å²) in [6.45, 7) is 3.20. The monoisotopic (exact) mass is 407 g/mol. The van der Waals surface area contributed by atoms with Crippen molar-refractivity contribution in [1.29, 1.82) is 0 Å². The molecule has 6 nitrogen and oxygen atoms in total. The molecular formula is C24H29N3O3. The Bertz CT molecular complexity index is 978. The van der Waals surface area contributed by atoms with Crippen LogP contribution in [0.4, 0.5) is 5.69 Å². The van der Waals surface area contributed by atoms with Crippen LogP contribution in [-0.2, 0) is 11.2 Å². The quantitative estimate of drug-likeness (QED) is 0.521. The Kier molecular flexibility index (Phi) is 6.64. The minimum absolute atomic E-state index is 0.0354. The van der Waals surface area contributed by atoms with E-state index < -0.39 is 0 Å². The van der Waals surface area contributed by atoms with Gasteiger partial charge in [0.05, 0.1) is 31.4 Å². The molecule has 4 rings (SSSR count). The number of fused-ring (bicyclic) bond motifs is 1. The summed E-state index contributed by atoms with van der Waals surface area (Å²) in [5, 5.41) is 0. The van der Waals surface area contributed by atoms with E-state index in [9.17, 15) is 4.79 Å². The first-order chi connectivity index (χ1) is 14.8. The smallest absolute Gasteiger partial charge is 0.304 e. The Morgan fingerprint density at radius 2 is 1.87 bits per heavy atom. The third-order valence-electron chi connectivity index (χ3n) is 5.61. The fourth-order valence-corrected chi connectivity index (χ4v) is 3.98. The van der Waals surface area contributed by atoms with E-state index in [-0.39, 0.29) is 5.91 Å². The van der Waals surface area contributed by atoms with Gasteiger partial charge in [-0.05, 0) is 43.0 Å². The third-order valence-corrected chi connectivity index (χ3v) is 5.61. The number of morpholine rings is 1. The summed E-state index contributed by atoms with van der Waals surface area (Å²) in [4.78, 5) is 19.8. The first-order valence-electron chi connectivity index (χ1n) is 10.7. The summed E-state index contributed by atoms with van der Waals surface area (Å²) in [7, 11) is 1.56. The van der Waals surface area contributed by atoms with E-state index in [0.717, 1.165) is 68.7 Å². The lowest BCUT2D eigenvalue weighted by Gasteiger charge is -2.28. The second-order valence-corrected chi connectivity index (χ2v) is 7.65. The van der Waals surface area contributed by atoms with Crippen molar-refractivity contribution in [2.45, 2.75) is 32.1 Å². The van der Waals surface area contributed by atoms with E-state index in [0.29, 0.717) is 12.4 Å². The maximum Gasteiger partial charge on any atom is 0.304 e. The van der Waals surface area contributed by atoms with Crippen molar-refractivity contribution < 1.29 is 14.3 Å². The van der Waals surface area contributed by atoms with Crippen LogP contribution in [0.1, 0.15) is 36.0 Å². The Hall–Kier alpha value is -2.86. The molecule has 2 heterocycles. The fraction of sp³-hybridized carbons (Fsp3) is 0.417. The molecule has 2 aromatic carbocycles. The highest BCUT2D eigenvalue weighted by Crippen LogP contribution is 2.27. The van der Waals surface area contributed by atoms with E-state index in [2.05, 4.69) is 40.2 Å². The number of imidazole rings is 1. The number of hydrogen-bond donors (Lipinski definition) is 0. The molecule has 6 heteroatoms. The standard InChI is InChI=1S/C24H29N3O3/c1-29-24-25-21-18-20(26-14-16-30-17-15-26)12-13-22(21)27(24)23(28)11-7-3-6-10-19-8-4-2-5-9-19/h2,4-5,8-9,12-13,18H,3,6-7,10-11,14-17H2,1H3. The molecule has 0 amide bonds. The van der Waals surface area contributed by atoms with Crippen molar-refractivity contribution in [2.24, 2.45) is 0 Å². The predicted octanol–water partition coefficient (Wildman–Crippen LogP) is 4.32. The Balaban J connectivity index is 1.39. The van der Waals surface area contributed by atoms with E-state index >= 15 is 0 Å². The van der Waals surface area contributed by atoms with Gasteiger partial charge < -0.3 is 14.4 Å². The van der Waals surface area contributed by atoms with E-state index in [1.165, 1.54) is 5.56 Å². The van der Waals surface area contributed by atoms with Crippen molar-refractivity contribution in [3.8, 4) is 6.01 Å². The number of anilines is 1. The number of ether oxygens (including phenoxy) is 2. The molecule has 0 N–H and O–H groups in total. The van der Waals surface area contributed by atoms with Crippen molar-refractivity contribution in [3.05, 3.63) is 54.1 Å². The Morgan fingerprint density at radius 1 is 1.07 bits per heavy atom. The molecule has 3 aromatic rings. The van der Waals surface area contributed by atoms with Gasteiger partial charge in [-0.15, -0.1) is 0 Å². The lowest BCUT2D eigenvalue weighted by molar-refractivity contribution is 0.0893. The van der Waals surface area contributed by atoms with Gasteiger partial charge in [0.15, 0.2) is 0 Å². The van der Waals surface area contributed by atoms with Gasteiger partial charge in [0.2, 0.25) is 5.91 Å². The summed E-state index contributed by atoms with van der Waals surface area (Å²) < 4.78 is 12.5. The van der Waals surface area contributed by atoms with Crippen molar-refractivity contribution in [3.63, 3.8) is 0 Å². The molecule has 0 unspecified atom stereocenters. The zero-order chi connectivity index (χ0) is 20.8. The highest BCUT2D eigenvalue weighted by Gasteiger charge is 2.19. The molecule has 1 saturated heterocycles. The van der Waals surface area contributed by atoms with Crippen LogP contribution in [0.2, 0.25) is 0 Å². The maximum absolute atomic E-state index is 12.9. The summed E-state index contributed by atoms with van der Waals surface area (Å²) in [6.07, 6.45) is 4.51. The van der Waals surface area contributed by atoms with Crippen LogP contribution in [0.5, 0.6) is 6.01 Å². The minimum Gasteiger partial charge on any atom is -0.468 e. The molecule has 0 atom stereocenters. The predicted molar refractivity (Wildman–Crippen MR) is 119 cm³/mol. The number of aromatic nitrogens is 2. The number of carbonyl (C=O) groups excluding carboxylic acids is 1. The number of rotatable bonds is 8. The topological polar surface area (TPSA) is 56.6 Å². The third kappa shape index (κ3) is 4.65. The molecule has 1 aliphatic rings. The molecule has 0 aliphatic carbocycles. The molecule has 1 aromatic heterocycles. The normalized spacial score (nSPS) is 14.2. The van der Waals surface area contributed by atoms with Crippen LogP contribution in [0.15, 0.2) is 48.5 Å². The summed E-state index contributed by atoms with van der Waals surface area (Å²) in [5.41, 5.74) is 4.04. The van der Waals surface area contributed by atoms with E-state index in [4.69, 9.17) is 9.47 Å². The van der Waals surface area contributed by atoms with Gasteiger partial charge in [-0.2, -0.15) is 4.98 Å². The second-order valence-electron chi connectivity index (χ2n) is 7.65. The highest BCUT2D eigenvalue weighted by molar-refractivity contribution is 5.93. The van der Waals surface area contributed by atoms with Gasteiger partial charge in [0.1, 0.15) is 0 Å². The molecular weight excluding hydrogens is 378 g/mol. The van der Waals surface area contributed by atoms with Gasteiger partial charge in [-0.1, -0.05) is 36.8 Å². The number of unbranched alkanes of at least 4 members (excludes halogenated alkanes) is 2. The number of hydrogen-bond acceptors (Lipinski definition) is 5. The van der Waals surface area contributed by atoms with Gasteiger partial charge in [-0.25, -0.2) is 4.57 Å². The number of nitrogens with zero attached hydrogens (tertiary/aromatic N) is 3. The molecule has 0 radical (unpaired) electrons. The molecule has 0 saturated carbocycles. The van der Waals surface area contributed by atoms with Crippen molar-refractivity contribution in [1.82, 2.24) is 9.55 Å². The fourth-order valence-electron chi connectivity index (χ4n) is 3.98. The number of methoxy groups -OCH3 is 1. The zero-order valence-electron chi connectivity index (χ0n) is 17.5. The van der Waals surface area contributed by atoms with Gasteiger partial charge in [0, 0.05) is 25.2 Å². The average Bonchev–Trinajstić information content (AvgIpc) is 3.18. The molecule has 0 spiro atoms. The Morgan fingerprint density at radius 3 is 2.63 bits per heavy atom. The van der Waals surface area contributed by atoms with E-state index in [1.54, 1.807) is 11.7 Å².